The number of rotatable bonds is 2. The lowest BCUT2D eigenvalue weighted by molar-refractivity contribution is -0.129. The highest BCUT2D eigenvalue weighted by Gasteiger charge is 2.31. The van der Waals surface area contributed by atoms with Crippen LogP contribution < -0.4 is 5.73 Å². The average molecular weight is 166 g/mol. The second kappa shape index (κ2) is 3.59. The summed E-state index contributed by atoms with van der Waals surface area (Å²) < 4.78 is 0. The van der Waals surface area contributed by atoms with E-state index in [2.05, 4.69) is 5.92 Å². The van der Waals surface area contributed by atoms with E-state index in [9.17, 15) is 4.79 Å². The Morgan fingerprint density at radius 1 is 1.92 bits per heavy atom. The number of nitrogens with zero attached hydrogens (tertiary/aromatic N) is 1. The molecule has 0 aromatic rings. The highest BCUT2D eigenvalue weighted by Crippen LogP contribution is 2.14. The molecule has 1 amide bonds. The van der Waals surface area contributed by atoms with Gasteiger partial charge in [-0.2, -0.15) is 0 Å². The normalized spacial score (nSPS) is 25.6. The molecule has 2 atom stereocenters. The van der Waals surface area contributed by atoms with Crippen LogP contribution in [0.25, 0.3) is 0 Å². The first kappa shape index (κ1) is 9.08. The summed E-state index contributed by atoms with van der Waals surface area (Å²) in [6, 6.07) is -0.390. The third-order valence-electron chi connectivity index (χ3n) is 2.24. The molecule has 1 saturated heterocycles. The molecule has 3 heteroatoms. The van der Waals surface area contributed by atoms with Gasteiger partial charge in [-0.05, 0) is 12.8 Å². The van der Waals surface area contributed by atoms with E-state index in [1.807, 2.05) is 6.92 Å². The van der Waals surface area contributed by atoms with Crippen LogP contribution in [0.4, 0.5) is 0 Å². The number of carbonyl (C=O) groups is 1. The molecule has 0 bridgehead atoms. The van der Waals surface area contributed by atoms with Gasteiger partial charge in [-0.1, -0.05) is 12.8 Å². The maximum Gasteiger partial charge on any atom is 0.240 e. The smallest absolute Gasteiger partial charge is 0.240 e. The predicted molar refractivity (Wildman–Crippen MR) is 47.2 cm³/mol. The molecular weight excluding hydrogens is 152 g/mol. The van der Waals surface area contributed by atoms with Gasteiger partial charge in [0.05, 0.1) is 12.1 Å². The van der Waals surface area contributed by atoms with Crippen LogP contribution in [0.3, 0.4) is 0 Å². The molecule has 1 aliphatic heterocycles. The summed E-state index contributed by atoms with van der Waals surface area (Å²) in [4.78, 5) is 13.1. The number of amides is 1. The number of carbonyl (C=O) groups excluding carboxylic acids is 1. The van der Waals surface area contributed by atoms with E-state index in [-0.39, 0.29) is 18.0 Å². The highest BCUT2D eigenvalue weighted by molar-refractivity contribution is 5.84. The zero-order valence-electron chi connectivity index (χ0n) is 7.29. The van der Waals surface area contributed by atoms with Crippen molar-refractivity contribution in [3.05, 3.63) is 0 Å². The topological polar surface area (TPSA) is 46.3 Å². The average Bonchev–Trinajstić information content (AvgIpc) is 2.38. The minimum absolute atomic E-state index is 0.000185. The molecule has 1 fully saturated rings. The Labute approximate surface area is 72.9 Å². The molecule has 0 radical (unpaired) electrons. The van der Waals surface area contributed by atoms with Gasteiger partial charge in [0, 0.05) is 6.54 Å². The van der Waals surface area contributed by atoms with E-state index in [1.165, 1.54) is 0 Å². The van der Waals surface area contributed by atoms with Crippen molar-refractivity contribution in [2.24, 2.45) is 5.73 Å². The molecule has 0 saturated carbocycles. The Kier molecular flexibility index (Phi) is 2.72. The van der Waals surface area contributed by atoms with Crippen LogP contribution in [0, 0.1) is 12.3 Å². The number of terminal acetylenes is 1. The predicted octanol–water partition coefficient (Wildman–Crippen LogP) is -0.0422. The monoisotopic (exact) mass is 166 g/mol. The first-order chi connectivity index (χ1) is 5.70. The van der Waals surface area contributed by atoms with Gasteiger partial charge in [0.15, 0.2) is 0 Å². The quantitative estimate of drug-likeness (QED) is 0.585. The Balaban J connectivity index is 2.65. The van der Waals surface area contributed by atoms with E-state index in [4.69, 9.17) is 12.2 Å². The SMILES string of the molecule is C#CC(CC)N1CCC(N)C1=O. The van der Waals surface area contributed by atoms with Crippen LogP contribution in [0.15, 0.2) is 0 Å². The van der Waals surface area contributed by atoms with Crippen molar-refractivity contribution in [3.8, 4) is 12.3 Å². The molecule has 0 aliphatic carbocycles. The van der Waals surface area contributed by atoms with Crippen molar-refractivity contribution in [1.29, 1.82) is 0 Å². The Morgan fingerprint density at radius 2 is 2.58 bits per heavy atom. The van der Waals surface area contributed by atoms with Crippen molar-refractivity contribution in [3.63, 3.8) is 0 Å². The van der Waals surface area contributed by atoms with Crippen molar-refractivity contribution in [2.75, 3.05) is 6.54 Å². The van der Waals surface area contributed by atoms with E-state index in [1.54, 1.807) is 4.90 Å². The second-order valence-electron chi connectivity index (χ2n) is 3.02. The van der Waals surface area contributed by atoms with Gasteiger partial charge in [0.25, 0.3) is 0 Å². The highest BCUT2D eigenvalue weighted by atomic mass is 16.2. The summed E-state index contributed by atoms with van der Waals surface area (Å²) >= 11 is 0. The summed E-state index contributed by atoms with van der Waals surface area (Å²) in [5.41, 5.74) is 5.56. The first-order valence-electron chi connectivity index (χ1n) is 4.23. The second-order valence-corrected chi connectivity index (χ2v) is 3.02. The summed E-state index contributed by atoms with van der Waals surface area (Å²) in [6.07, 6.45) is 6.82. The van der Waals surface area contributed by atoms with Gasteiger partial charge in [-0.25, -0.2) is 0 Å². The summed E-state index contributed by atoms with van der Waals surface area (Å²) in [7, 11) is 0. The molecule has 12 heavy (non-hydrogen) atoms. The van der Waals surface area contributed by atoms with Crippen LogP contribution in [-0.2, 0) is 4.79 Å². The lowest BCUT2D eigenvalue weighted by atomic mass is 10.2. The van der Waals surface area contributed by atoms with Gasteiger partial charge in [-0.15, -0.1) is 6.42 Å². The minimum Gasteiger partial charge on any atom is -0.327 e. The zero-order chi connectivity index (χ0) is 9.14. The Hall–Kier alpha value is -1.01. The standard InChI is InChI=1S/C9H14N2O/c1-3-7(4-2)11-6-5-8(10)9(11)12/h1,7-8H,4-6,10H2,2H3. The molecule has 3 nitrogen and oxygen atoms in total. The van der Waals surface area contributed by atoms with E-state index < -0.39 is 0 Å². The van der Waals surface area contributed by atoms with Crippen LogP contribution in [0.2, 0.25) is 0 Å². The fourth-order valence-electron chi connectivity index (χ4n) is 1.46. The zero-order valence-corrected chi connectivity index (χ0v) is 7.29. The summed E-state index contributed by atoms with van der Waals surface area (Å²) in [6.45, 7) is 2.68. The lowest BCUT2D eigenvalue weighted by Gasteiger charge is -2.21. The number of nitrogens with two attached hydrogens (primary N) is 1. The summed E-state index contributed by atoms with van der Waals surface area (Å²) in [5.74, 6) is 2.59. The summed E-state index contributed by atoms with van der Waals surface area (Å²) in [5, 5.41) is 0. The Bertz CT molecular complexity index is 219. The van der Waals surface area contributed by atoms with Gasteiger partial charge in [-0.3, -0.25) is 4.79 Å². The van der Waals surface area contributed by atoms with Crippen LogP contribution in [0.1, 0.15) is 19.8 Å². The molecule has 0 spiro atoms. The third kappa shape index (κ3) is 1.44. The maximum absolute atomic E-state index is 11.4. The van der Waals surface area contributed by atoms with Crippen molar-refractivity contribution < 1.29 is 4.79 Å². The maximum atomic E-state index is 11.4. The largest absolute Gasteiger partial charge is 0.327 e. The number of likely N-dealkylation sites (tertiary alicyclic amines) is 1. The van der Waals surface area contributed by atoms with E-state index in [0.29, 0.717) is 6.54 Å². The van der Waals surface area contributed by atoms with Gasteiger partial charge < -0.3 is 10.6 Å². The molecule has 1 aliphatic rings. The molecule has 1 rings (SSSR count). The van der Waals surface area contributed by atoms with Crippen LogP contribution in [-0.4, -0.2) is 29.4 Å². The fraction of sp³-hybridized carbons (Fsp3) is 0.667. The molecule has 0 aromatic heterocycles. The molecule has 66 valence electrons. The molecule has 2 unspecified atom stereocenters. The number of hydrogen-bond donors (Lipinski definition) is 1. The van der Waals surface area contributed by atoms with Gasteiger partial charge in [0.1, 0.15) is 0 Å². The van der Waals surface area contributed by atoms with Gasteiger partial charge >= 0.3 is 0 Å². The Morgan fingerprint density at radius 3 is 2.92 bits per heavy atom. The first-order valence-corrected chi connectivity index (χ1v) is 4.23. The lowest BCUT2D eigenvalue weighted by Crippen LogP contribution is -2.39. The molecule has 0 aromatic carbocycles. The molecule has 1 heterocycles. The third-order valence-corrected chi connectivity index (χ3v) is 2.24. The minimum atomic E-state index is -0.326. The molecular formula is C9H14N2O. The van der Waals surface area contributed by atoms with Crippen molar-refractivity contribution in [2.45, 2.75) is 31.8 Å². The van der Waals surface area contributed by atoms with Gasteiger partial charge in [0.2, 0.25) is 5.91 Å². The van der Waals surface area contributed by atoms with Crippen LogP contribution >= 0.6 is 0 Å². The van der Waals surface area contributed by atoms with Crippen molar-refractivity contribution in [1.82, 2.24) is 4.90 Å². The van der Waals surface area contributed by atoms with Crippen molar-refractivity contribution >= 4 is 5.91 Å². The molecule has 2 N–H and O–H groups in total. The number of hydrogen-bond acceptors (Lipinski definition) is 2. The van der Waals surface area contributed by atoms with E-state index >= 15 is 0 Å². The van der Waals surface area contributed by atoms with E-state index in [0.717, 1.165) is 12.8 Å². The van der Waals surface area contributed by atoms with Crippen LogP contribution in [0.5, 0.6) is 0 Å². The fourth-order valence-corrected chi connectivity index (χ4v) is 1.46.